The molecule has 0 bridgehead atoms. The number of fused-ring (bicyclic) bond motifs is 1. The summed E-state index contributed by atoms with van der Waals surface area (Å²) in [6.07, 6.45) is -0.202. The van der Waals surface area contributed by atoms with Crippen LogP contribution in [-0.2, 0) is 4.79 Å². The molecule has 0 aliphatic carbocycles. The fourth-order valence-electron chi connectivity index (χ4n) is 2.53. The molecule has 2 N–H and O–H groups in total. The maximum Gasteiger partial charge on any atom is 0.230 e. The molecule has 0 spiro atoms. The van der Waals surface area contributed by atoms with Crippen molar-refractivity contribution in [3.8, 4) is 11.5 Å². The molecule has 1 unspecified atom stereocenters. The number of rotatable bonds is 7. The Morgan fingerprint density at radius 3 is 2.75 bits per heavy atom. The number of nitrogens with one attached hydrogen (secondary N) is 2. The normalized spacial score (nSPS) is 15.1. The molecule has 144 valence electrons. The van der Waals surface area contributed by atoms with E-state index in [2.05, 4.69) is 20.8 Å². The quantitative estimate of drug-likeness (QED) is 0.574. The van der Waals surface area contributed by atoms with Crippen molar-refractivity contribution in [3.63, 3.8) is 0 Å². The largest absolute Gasteiger partial charge is 0.486 e. The van der Waals surface area contributed by atoms with Gasteiger partial charge < -0.3 is 20.1 Å². The first-order valence-corrected chi connectivity index (χ1v) is 10.5. The Labute approximate surface area is 170 Å². The van der Waals surface area contributed by atoms with E-state index >= 15 is 0 Å². The number of hydrogen-bond donors (Lipinski definition) is 2. The summed E-state index contributed by atoms with van der Waals surface area (Å²) >= 11 is 2.77. The number of carbonyl (C=O) groups is 1. The number of anilines is 2. The van der Waals surface area contributed by atoms with Gasteiger partial charge in [-0.1, -0.05) is 53.4 Å². The third-order valence-electron chi connectivity index (χ3n) is 3.85. The molecule has 0 radical (unpaired) electrons. The summed E-state index contributed by atoms with van der Waals surface area (Å²) < 4.78 is 12.2. The van der Waals surface area contributed by atoms with Gasteiger partial charge in [-0.25, -0.2) is 0 Å². The van der Waals surface area contributed by atoms with E-state index < -0.39 is 0 Å². The van der Waals surface area contributed by atoms with Crippen molar-refractivity contribution < 1.29 is 14.3 Å². The van der Waals surface area contributed by atoms with Gasteiger partial charge in [0.15, 0.2) is 15.8 Å². The molecule has 1 aromatic heterocycles. The van der Waals surface area contributed by atoms with Gasteiger partial charge in [0, 0.05) is 5.69 Å². The zero-order valence-corrected chi connectivity index (χ0v) is 16.5. The summed E-state index contributed by atoms with van der Waals surface area (Å²) in [6, 6.07) is 17.3. The standard InChI is InChI=1S/C19H18N4O3S2/c24-17(20-10-14-11-25-15-8-4-5-9-16(15)26-14)12-27-19-23-22-18(28-19)21-13-6-2-1-3-7-13/h1-9,14H,10-12H2,(H,20,24)(H,21,22). The highest BCUT2D eigenvalue weighted by Gasteiger charge is 2.21. The van der Waals surface area contributed by atoms with Crippen LogP contribution in [0.4, 0.5) is 10.8 Å². The summed E-state index contributed by atoms with van der Waals surface area (Å²) in [5.41, 5.74) is 0.948. The lowest BCUT2D eigenvalue weighted by molar-refractivity contribution is -0.119. The topological polar surface area (TPSA) is 85.4 Å². The minimum absolute atomic E-state index is 0.0831. The maximum absolute atomic E-state index is 12.1. The molecule has 1 atom stereocenters. The summed E-state index contributed by atoms with van der Waals surface area (Å²) in [7, 11) is 0. The summed E-state index contributed by atoms with van der Waals surface area (Å²) in [5, 5.41) is 15.0. The van der Waals surface area contributed by atoms with Crippen molar-refractivity contribution in [2.45, 2.75) is 10.4 Å². The first-order valence-electron chi connectivity index (χ1n) is 8.70. The van der Waals surface area contributed by atoms with Crippen LogP contribution in [-0.4, -0.2) is 41.1 Å². The van der Waals surface area contributed by atoms with Gasteiger partial charge in [-0.3, -0.25) is 4.79 Å². The van der Waals surface area contributed by atoms with Crippen molar-refractivity contribution in [1.82, 2.24) is 15.5 Å². The predicted octanol–water partition coefficient (Wildman–Crippen LogP) is 3.33. The molecule has 0 saturated carbocycles. The minimum atomic E-state index is -0.202. The number of thioether (sulfide) groups is 1. The molecule has 1 amide bonds. The molecule has 1 aliphatic rings. The van der Waals surface area contributed by atoms with E-state index in [0.717, 1.165) is 15.8 Å². The SMILES string of the molecule is O=C(CSc1nnc(Nc2ccccc2)s1)NCC1COc2ccccc2O1. The van der Waals surface area contributed by atoms with Gasteiger partial charge in [-0.05, 0) is 24.3 Å². The molecule has 0 saturated heterocycles. The van der Waals surface area contributed by atoms with E-state index in [1.165, 1.54) is 23.1 Å². The van der Waals surface area contributed by atoms with Gasteiger partial charge in [0.25, 0.3) is 0 Å². The lowest BCUT2D eigenvalue weighted by Gasteiger charge is -2.26. The fraction of sp³-hybridized carbons (Fsp3) is 0.211. The van der Waals surface area contributed by atoms with Gasteiger partial charge >= 0.3 is 0 Å². The van der Waals surface area contributed by atoms with Crippen LogP contribution in [0.15, 0.2) is 58.9 Å². The van der Waals surface area contributed by atoms with Crippen LogP contribution in [0.1, 0.15) is 0 Å². The Hall–Kier alpha value is -2.78. The van der Waals surface area contributed by atoms with Crippen LogP contribution in [0, 0.1) is 0 Å². The van der Waals surface area contributed by atoms with Crippen molar-refractivity contribution in [2.75, 3.05) is 24.2 Å². The lowest BCUT2D eigenvalue weighted by Crippen LogP contribution is -2.41. The van der Waals surface area contributed by atoms with Crippen molar-refractivity contribution in [1.29, 1.82) is 0 Å². The molecular weight excluding hydrogens is 396 g/mol. The summed E-state index contributed by atoms with van der Waals surface area (Å²) in [5.74, 6) is 1.62. The molecular formula is C19H18N4O3S2. The van der Waals surface area contributed by atoms with Crippen LogP contribution >= 0.6 is 23.1 Å². The smallest absolute Gasteiger partial charge is 0.230 e. The highest BCUT2D eigenvalue weighted by molar-refractivity contribution is 8.01. The van der Waals surface area contributed by atoms with Crippen molar-refractivity contribution in [2.24, 2.45) is 0 Å². The zero-order valence-electron chi connectivity index (χ0n) is 14.8. The average molecular weight is 415 g/mol. The van der Waals surface area contributed by atoms with Crippen LogP contribution < -0.4 is 20.1 Å². The first-order chi connectivity index (χ1) is 13.8. The Morgan fingerprint density at radius 2 is 1.89 bits per heavy atom. The van der Waals surface area contributed by atoms with Gasteiger partial charge in [0.05, 0.1) is 12.3 Å². The molecule has 1 aliphatic heterocycles. The number of nitrogens with zero attached hydrogens (tertiary/aromatic N) is 2. The summed E-state index contributed by atoms with van der Waals surface area (Å²) in [4.78, 5) is 12.1. The molecule has 2 heterocycles. The summed E-state index contributed by atoms with van der Waals surface area (Å²) in [6.45, 7) is 0.806. The van der Waals surface area contributed by atoms with Gasteiger partial charge in [0.1, 0.15) is 12.7 Å². The second-order valence-electron chi connectivity index (χ2n) is 5.95. The molecule has 2 aromatic carbocycles. The third kappa shape index (κ3) is 4.93. The lowest BCUT2D eigenvalue weighted by atomic mass is 10.2. The Bertz CT molecular complexity index is 936. The van der Waals surface area contributed by atoms with Crippen molar-refractivity contribution in [3.05, 3.63) is 54.6 Å². The highest BCUT2D eigenvalue weighted by Crippen LogP contribution is 2.31. The van der Waals surface area contributed by atoms with E-state index in [9.17, 15) is 4.79 Å². The number of ether oxygens (including phenoxy) is 2. The van der Waals surface area contributed by atoms with Crippen molar-refractivity contribution >= 4 is 39.8 Å². The molecule has 28 heavy (non-hydrogen) atoms. The second kappa shape index (κ2) is 8.94. The van der Waals surface area contributed by atoms with E-state index in [0.29, 0.717) is 24.0 Å². The van der Waals surface area contributed by atoms with E-state index in [4.69, 9.17) is 9.47 Å². The van der Waals surface area contributed by atoms with Gasteiger partial charge in [-0.15, -0.1) is 10.2 Å². The molecule has 4 rings (SSSR count). The second-order valence-corrected chi connectivity index (χ2v) is 8.15. The monoisotopic (exact) mass is 414 g/mol. The molecule has 9 heteroatoms. The third-order valence-corrected chi connectivity index (χ3v) is 5.82. The van der Waals surface area contributed by atoms with E-state index in [1.807, 2.05) is 54.6 Å². The van der Waals surface area contributed by atoms with Crippen LogP contribution in [0.2, 0.25) is 0 Å². The molecule has 3 aromatic rings. The zero-order chi connectivity index (χ0) is 19.2. The molecule has 0 fully saturated rings. The number of aromatic nitrogens is 2. The van der Waals surface area contributed by atoms with Crippen LogP contribution in [0.25, 0.3) is 0 Å². The van der Waals surface area contributed by atoms with E-state index in [-0.39, 0.29) is 17.8 Å². The van der Waals surface area contributed by atoms with E-state index in [1.54, 1.807) is 0 Å². The Morgan fingerprint density at radius 1 is 1.11 bits per heavy atom. The Kier molecular flexibility index (Phi) is 5.93. The average Bonchev–Trinajstić information content (AvgIpc) is 3.18. The fourth-order valence-corrected chi connectivity index (χ4v) is 4.14. The minimum Gasteiger partial charge on any atom is -0.486 e. The predicted molar refractivity (Wildman–Crippen MR) is 110 cm³/mol. The molecule has 7 nitrogen and oxygen atoms in total. The number of carbonyl (C=O) groups excluding carboxylic acids is 1. The first kappa shape index (κ1) is 18.6. The maximum atomic E-state index is 12.1. The number of benzene rings is 2. The Balaban J connectivity index is 1.20. The van der Waals surface area contributed by atoms with Gasteiger partial charge in [0.2, 0.25) is 11.0 Å². The number of para-hydroxylation sites is 3. The highest BCUT2D eigenvalue weighted by atomic mass is 32.2. The van der Waals surface area contributed by atoms with Crippen LogP contribution in [0.5, 0.6) is 11.5 Å². The number of amides is 1. The van der Waals surface area contributed by atoms with Crippen LogP contribution in [0.3, 0.4) is 0 Å². The number of hydrogen-bond acceptors (Lipinski definition) is 8. The van der Waals surface area contributed by atoms with Gasteiger partial charge in [-0.2, -0.15) is 0 Å².